The third-order valence-corrected chi connectivity index (χ3v) is 7.24. The molecule has 2 aromatic carbocycles. The maximum Gasteiger partial charge on any atom is 0.267 e. The Labute approximate surface area is 221 Å². The lowest BCUT2D eigenvalue weighted by Crippen LogP contribution is -2.39. The van der Waals surface area contributed by atoms with Gasteiger partial charge >= 0.3 is 0 Å². The van der Waals surface area contributed by atoms with Gasteiger partial charge in [-0.1, -0.05) is 18.2 Å². The predicted octanol–water partition coefficient (Wildman–Crippen LogP) is 4.68. The van der Waals surface area contributed by atoms with Gasteiger partial charge in [0.15, 0.2) is 0 Å². The number of aromatic nitrogens is 2. The van der Waals surface area contributed by atoms with Gasteiger partial charge in [-0.25, -0.2) is 9.37 Å². The van der Waals surface area contributed by atoms with Crippen molar-refractivity contribution in [3.8, 4) is 22.4 Å². The summed E-state index contributed by atoms with van der Waals surface area (Å²) in [7, 11) is 3.89. The molecule has 1 aliphatic rings. The molecule has 0 saturated carbocycles. The largest absolute Gasteiger partial charge is 0.364 e. The SMILES string of the molecule is Cc1cc(F)cc(-c2cnc3ccc(-c4cccc(C(N)=O)n4)cc3c2C(=O)N(C)C[C@@H]2CCCN2C)c1. The van der Waals surface area contributed by atoms with E-state index in [0.29, 0.717) is 45.4 Å². The van der Waals surface area contributed by atoms with Crippen LogP contribution in [0.15, 0.2) is 60.8 Å². The summed E-state index contributed by atoms with van der Waals surface area (Å²) in [4.78, 5) is 38.9. The molecular weight excluding hydrogens is 481 g/mol. The fourth-order valence-corrected chi connectivity index (χ4v) is 5.23. The monoisotopic (exact) mass is 511 g/mol. The number of benzene rings is 2. The number of fused-ring (bicyclic) bond motifs is 1. The zero-order valence-electron chi connectivity index (χ0n) is 21.7. The van der Waals surface area contributed by atoms with Crippen LogP contribution in [0.2, 0.25) is 0 Å². The first-order valence-electron chi connectivity index (χ1n) is 12.6. The molecule has 1 atom stereocenters. The molecule has 38 heavy (non-hydrogen) atoms. The van der Waals surface area contributed by atoms with Crippen LogP contribution in [0.1, 0.15) is 39.3 Å². The Kier molecular flexibility index (Phi) is 6.91. The number of halogens is 1. The van der Waals surface area contributed by atoms with Crippen LogP contribution < -0.4 is 5.73 Å². The minimum atomic E-state index is -0.618. The second-order valence-electron chi connectivity index (χ2n) is 10.0. The Morgan fingerprint density at radius 3 is 2.66 bits per heavy atom. The van der Waals surface area contributed by atoms with E-state index in [1.54, 1.807) is 29.3 Å². The number of carbonyl (C=O) groups is 2. The highest BCUT2D eigenvalue weighted by molar-refractivity contribution is 6.12. The van der Waals surface area contributed by atoms with Crippen LogP contribution >= 0.6 is 0 Å². The van der Waals surface area contributed by atoms with E-state index in [-0.39, 0.29) is 23.5 Å². The quantitative estimate of drug-likeness (QED) is 0.406. The van der Waals surface area contributed by atoms with E-state index in [9.17, 15) is 14.0 Å². The van der Waals surface area contributed by atoms with Gasteiger partial charge in [-0.05, 0) is 80.9 Å². The van der Waals surface area contributed by atoms with Crippen molar-refractivity contribution >= 4 is 22.7 Å². The van der Waals surface area contributed by atoms with Crippen molar-refractivity contribution in [1.82, 2.24) is 19.8 Å². The highest BCUT2D eigenvalue weighted by Crippen LogP contribution is 2.33. The third-order valence-electron chi connectivity index (χ3n) is 7.24. The first-order valence-corrected chi connectivity index (χ1v) is 12.6. The molecule has 1 saturated heterocycles. The molecule has 5 rings (SSSR count). The minimum Gasteiger partial charge on any atom is -0.364 e. The molecule has 0 radical (unpaired) electrons. The van der Waals surface area contributed by atoms with Gasteiger partial charge < -0.3 is 15.5 Å². The molecule has 0 aliphatic carbocycles. The van der Waals surface area contributed by atoms with Gasteiger partial charge in [-0.15, -0.1) is 0 Å². The number of amides is 2. The fraction of sp³-hybridized carbons (Fsp3) is 0.267. The van der Waals surface area contributed by atoms with Gasteiger partial charge in [0, 0.05) is 42.3 Å². The van der Waals surface area contributed by atoms with Crippen molar-refractivity contribution in [2.75, 3.05) is 27.2 Å². The number of likely N-dealkylation sites (N-methyl/N-ethyl adjacent to an activating group) is 2. The van der Waals surface area contributed by atoms with Gasteiger partial charge in [-0.2, -0.15) is 0 Å². The third kappa shape index (κ3) is 4.99. The van der Waals surface area contributed by atoms with Crippen LogP contribution in [0.5, 0.6) is 0 Å². The molecule has 0 spiro atoms. The summed E-state index contributed by atoms with van der Waals surface area (Å²) in [5.41, 5.74) is 9.84. The molecule has 0 unspecified atom stereocenters. The normalized spacial score (nSPS) is 15.6. The second-order valence-corrected chi connectivity index (χ2v) is 10.0. The molecule has 7 nitrogen and oxygen atoms in total. The fourth-order valence-electron chi connectivity index (χ4n) is 5.23. The summed E-state index contributed by atoms with van der Waals surface area (Å²) in [6.45, 7) is 3.42. The number of rotatable bonds is 6. The number of carbonyl (C=O) groups excluding carboxylic acids is 2. The van der Waals surface area contributed by atoms with Gasteiger partial charge in [0.25, 0.3) is 11.8 Å². The second kappa shape index (κ2) is 10.3. The van der Waals surface area contributed by atoms with Crippen molar-refractivity contribution in [1.29, 1.82) is 0 Å². The van der Waals surface area contributed by atoms with Crippen molar-refractivity contribution in [2.45, 2.75) is 25.8 Å². The Bertz CT molecular complexity index is 1530. The summed E-state index contributed by atoms with van der Waals surface area (Å²) in [5.74, 6) is -1.15. The van der Waals surface area contributed by atoms with Crippen molar-refractivity contribution in [2.24, 2.45) is 5.73 Å². The molecule has 4 aromatic rings. The lowest BCUT2D eigenvalue weighted by Gasteiger charge is -2.27. The molecule has 2 amide bonds. The predicted molar refractivity (Wildman–Crippen MR) is 146 cm³/mol. The van der Waals surface area contributed by atoms with Gasteiger partial charge in [0.1, 0.15) is 11.5 Å². The number of aryl methyl sites for hydroxylation is 1. The zero-order valence-corrected chi connectivity index (χ0v) is 21.7. The first-order chi connectivity index (χ1) is 18.2. The van der Waals surface area contributed by atoms with E-state index in [2.05, 4.69) is 21.9 Å². The summed E-state index contributed by atoms with van der Waals surface area (Å²) in [6.07, 6.45) is 3.79. The number of nitrogens with zero attached hydrogens (tertiary/aromatic N) is 4. The minimum absolute atomic E-state index is 0.154. The number of primary amides is 1. The first kappa shape index (κ1) is 25.5. The zero-order chi connectivity index (χ0) is 27.0. The number of likely N-dealkylation sites (tertiary alicyclic amines) is 1. The van der Waals surface area contributed by atoms with Crippen LogP contribution in [0.25, 0.3) is 33.3 Å². The summed E-state index contributed by atoms with van der Waals surface area (Å²) in [5, 5.41) is 0.629. The van der Waals surface area contributed by atoms with Crippen molar-refractivity contribution in [3.05, 3.63) is 83.4 Å². The average molecular weight is 512 g/mol. The Morgan fingerprint density at radius 1 is 1.13 bits per heavy atom. The van der Waals surface area contributed by atoms with E-state index >= 15 is 0 Å². The number of pyridine rings is 2. The highest BCUT2D eigenvalue weighted by atomic mass is 19.1. The van der Waals surface area contributed by atoms with Crippen molar-refractivity contribution < 1.29 is 14.0 Å². The van der Waals surface area contributed by atoms with Gasteiger partial charge in [0.05, 0.1) is 16.8 Å². The summed E-state index contributed by atoms with van der Waals surface area (Å²) < 4.78 is 14.5. The Balaban J connectivity index is 1.68. The lowest BCUT2D eigenvalue weighted by molar-refractivity contribution is 0.0764. The Morgan fingerprint density at radius 2 is 1.95 bits per heavy atom. The molecule has 1 fully saturated rings. The van der Waals surface area contributed by atoms with Crippen molar-refractivity contribution in [3.63, 3.8) is 0 Å². The van der Waals surface area contributed by atoms with Crippen LogP contribution in [-0.2, 0) is 0 Å². The number of hydrogen-bond acceptors (Lipinski definition) is 5. The maximum atomic E-state index is 14.5. The van der Waals surface area contributed by atoms with Crippen LogP contribution in [0.4, 0.5) is 4.39 Å². The van der Waals surface area contributed by atoms with Crippen LogP contribution in [-0.4, -0.2) is 64.8 Å². The van der Waals surface area contributed by atoms with E-state index in [4.69, 9.17) is 5.73 Å². The molecule has 1 aliphatic heterocycles. The van der Waals surface area contributed by atoms with E-state index in [0.717, 1.165) is 24.9 Å². The molecule has 194 valence electrons. The lowest BCUT2D eigenvalue weighted by atomic mass is 9.94. The molecular formula is C30H30FN5O2. The number of hydrogen-bond donors (Lipinski definition) is 1. The van der Waals surface area contributed by atoms with Gasteiger partial charge in [0.2, 0.25) is 0 Å². The molecule has 2 N–H and O–H groups in total. The van der Waals surface area contributed by atoms with Gasteiger partial charge in [-0.3, -0.25) is 14.6 Å². The molecule has 8 heteroatoms. The van der Waals surface area contributed by atoms with E-state index in [1.807, 2.05) is 38.2 Å². The van der Waals surface area contributed by atoms with Crippen LogP contribution in [0.3, 0.4) is 0 Å². The van der Waals surface area contributed by atoms with Crippen LogP contribution in [0, 0.1) is 12.7 Å². The highest BCUT2D eigenvalue weighted by Gasteiger charge is 2.27. The average Bonchev–Trinajstić information content (AvgIpc) is 3.30. The smallest absolute Gasteiger partial charge is 0.267 e. The molecule has 0 bridgehead atoms. The molecule has 3 heterocycles. The Hall–Kier alpha value is -4.17. The topological polar surface area (TPSA) is 92.4 Å². The number of nitrogens with two attached hydrogens (primary N) is 1. The standard InChI is InChI=1S/C30H30FN5O2/c1-18-12-20(14-21(31)13-18)24-16-33-26-10-9-19(25-7-4-8-27(34-25)29(32)37)15-23(26)28(24)30(38)36(3)17-22-6-5-11-35(22)2/h4,7-10,12-16,22H,5-6,11,17H2,1-3H3,(H2,32,37)/t22-/m0/s1. The summed E-state index contributed by atoms with van der Waals surface area (Å²) >= 11 is 0. The van der Waals surface area contributed by atoms with E-state index in [1.165, 1.54) is 12.1 Å². The summed E-state index contributed by atoms with van der Waals surface area (Å²) in [6, 6.07) is 15.6. The maximum absolute atomic E-state index is 14.5. The molecule has 2 aromatic heterocycles. The van der Waals surface area contributed by atoms with E-state index < -0.39 is 5.91 Å².